The van der Waals surface area contributed by atoms with Crippen LogP contribution in [0, 0.1) is 0 Å². The van der Waals surface area contributed by atoms with Crippen LogP contribution in [0.25, 0.3) is 0 Å². The molecule has 0 aliphatic heterocycles. The van der Waals surface area contributed by atoms with E-state index in [2.05, 4.69) is 0 Å². The molecule has 0 saturated carbocycles. The van der Waals surface area contributed by atoms with E-state index in [1.165, 1.54) is 6.08 Å². The molecule has 1 amide bonds. The van der Waals surface area contributed by atoms with Crippen molar-refractivity contribution in [2.45, 2.75) is 19.8 Å². The molecule has 0 aromatic rings. The molecule has 0 unspecified atom stereocenters. The Morgan fingerprint density at radius 3 is 2.67 bits per heavy atom. The van der Waals surface area contributed by atoms with Gasteiger partial charge in [-0.1, -0.05) is 6.08 Å². The van der Waals surface area contributed by atoms with Gasteiger partial charge in [0.05, 0.1) is 0 Å². The van der Waals surface area contributed by atoms with Crippen molar-refractivity contribution in [3.05, 3.63) is 12.2 Å². The first kappa shape index (κ1) is 10.9. The van der Waals surface area contributed by atoms with Gasteiger partial charge < -0.3 is 9.69 Å². The van der Waals surface area contributed by atoms with E-state index in [1.54, 1.807) is 24.9 Å². The number of carbonyl (C=O) groups is 2. The Morgan fingerprint density at radius 1 is 1.50 bits per heavy atom. The molecule has 3 heteroatoms. The molecule has 0 atom stereocenters. The molecule has 3 nitrogen and oxygen atoms in total. The van der Waals surface area contributed by atoms with E-state index in [9.17, 15) is 9.59 Å². The number of aldehydes is 1. The third-order valence-electron chi connectivity index (χ3n) is 1.50. The van der Waals surface area contributed by atoms with Gasteiger partial charge in [-0.25, -0.2) is 0 Å². The molecule has 0 spiro atoms. The van der Waals surface area contributed by atoms with E-state index in [1.807, 2.05) is 0 Å². The number of unbranched alkanes of at least 4 members (excludes halogenated alkanes) is 1. The number of nitrogens with zero attached hydrogens (tertiary/aromatic N) is 1. The summed E-state index contributed by atoms with van der Waals surface area (Å²) >= 11 is 0. The minimum atomic E-state index is -0.0107. The van der Waals surface area contributed by atoms with Gasteiger partial charge in [0, 0.05) is 20.0 Å². The lowest BCUT2D eigenvalue weighted by Gasteiger charge is -2.13. The van der Waals surface area contributed by atoms with Crippen LogP contribution in [0.1, 0.15) is 19.8 Å². The van der Waals surface area contributed by atoms with Gasteiger partial charge in [-0.2, -0.15) is 0 Å². The summed E-state index contributed by atoms with van der Waals surface area (Å²) in [6.07, 6.45) is 5.35. The first-order valence-electron chi connectivity index (χ1n) is 4.03. The summed E-state index contributed by atoms with van der Waals surface area (Å²) in [6.45, 7) is 2.44. The second kappa shape index (κ2) is 6.58. The normalized spacial score (nSPS) is 10.2. The van der Waals surface area contributed by atoms with Crippen LogP contribution in [-0.4, -0.2) is 30.7 Å². The monoisotopic (exact) mass is 169 g/mol. The zero-order valence-electron chi connectivity index (χ0n) is 7.62. The highest BCUT2D eigenvalue weighted by Gasteiger charge is 2.02. The maximum absolute atomic E-state index is 11.1. The van der Waals surface area contributed by atoms with E-state index in [-0.39, 0.29) is 5.91 Å². The lowest BCUT2D eigenvalue weighted by atomic mass is 10.3. The molecule has 0 fully saturated rings. The maximum Gasteiger partial charge on any atom is 0.245 e. The Balaban J connectivity index is 3.63. The van der Waals surface area contributed by atoms with Crippen molar-refractivity contribution in [1.29, 1.82) is 0 Å². The second-order valence-corrected chi connectivity index (χ2v) is 2.57. The van der Waals surface area contributed by atoms with E-state index in [0.717, 1.165) is 12.7 Å². The van der Waals surface area contributed by atoms with Crippen LogP contribution < -0.4 is 0 Å². The quantitative estimate of drug-likeness (QED) is 0.350. The van der Waals surface area contributed by atoms with Gasteiger partial charge in [0.15, 0.2) is 0 Å². The molecule has 12 heavy (non-hydrogen) atoms. The van der Waals surface area contributed by atoms with Gasteiger partial charge in [-0.15, -0.1) is 0 Å². The van der Waals surface area contributed by atoms with Gasteiger partial charge >= 0.3 is 0 Å². The van der Waals surface area contributed by atoms with Crippen molar-refractivity contribution < 1.29 is 9.59 Å². The van der Waals surface area contributed by atoms with Crippen LogP contribution in [0.2, 0.25) is 0 Å². The van der Waals surface area contributed by atoms with Crippen molar-refractivity contribution >= 4 is 12.2 Å². The third-order valence-corrected chi connectivity index (χ3v) is 1.50. The minimum Gasteiger partial charge on any atom is -0.342 e. The van der Waals surface area contributed by atoms with Crippen LogP contribution in [0.4, 0.5) is 0 Å². The third kappa shape index (κ3) is 4.66. The fourth-order valence-electron chi connectivity index (χ4n) is 0.792. The number of allylic oxidation sites excluding steroid dienone is 1. The highest BCUT2D eigenvalue weighted by atomic mass is 16.2. The fraction of sp³-hybridized carbons (Fsp3) is 0.556. The molecule has 0 bridgehead atoms. The molecule has 0 saturated heterocycles. The smallest absolute Gasteiger partial charge is 0.245 e. The molecule has 0 heterocycles. The fourth-order valence-corrected chi connectivity index (χ4v) is 0.792. The van der Waals surface area contributed by atoms with Gasteiger partial charge in [0.2, 0.25) is 5.91 Å². The lowest BCUT2D eigenvalue weighted by Crippen LogP contribution is -2.25. The minimum absolute atomic E-state index is 0.0107. The molecule has 0 radical (unpaired) electrons. The van der Waals surface area contributed by atoms with Crippen molar-refractivity contribution in [1.82, 2.24) is 4.90 Å². The number of amides is 1. The summed E-state index contributed by atoms with van der Waals surface area (Å²) in [7, 11) is 1.73. The molecule has 0 aliphatic rings. The molecular formula is C9H15NO2. The summed E-state index contributed by atoms with van der Waals surface area (Å²) in [5.74, 6) is -0.0107. The number of hydrogen-bond acceptors (Lipinski definition) is 2. The van der Waals surface area contributed by atoms with Crippen LogP contribution in [0.15, 0.2) is 12.2 Å². The van der Waals surface area contributed by atoms with E-state index in [0.29, 0.717) is 13.0 Å². The van der Waals surface area contributed by atoms with Crippen molar-refractivity contribution in [2.24, 2.45) is 0 Å². The molecule has 68 valence electrons. The van der Waals surface area contributed by atoms with Crippen LogP contribution in [-0.2, 0) is 9.59 Å². The average Bonchev–Trinajstić information content (AvgIpc) is 2.05. The second-order valence-electron chi connectivity index (χ2n) is 2.57. The van der Waals surface area contributed by atoms with E-state index in [4.69, 9.17) is 0 Å². The highest BCUT2D eigenvalue weighted by Crippen LogP contribution is 1.92. The first-order valence-corrected chi connectivity index (χ1v) is 4.03. The Labute approximate surface area is 73.1 Å². The van der Waals surface area contributed by atoms with Gasteiger partial charge in [-0.3, -0.25) is 4.79 Å². The van der Waals surface area contributed by atoms with Gasteiger partial charge in [0.1, 0.15) is 6.29 Å². The molecular weight excluding hydrogens is 154 g/mol. The first-order chi connectivity index (χ1) is 5.72. The molecule has 0 aliphatic carbocycles. The number of rotatable bonds is 5. The summed E-state index contributed by atoms with van der Waals surface area (Å²) < 4.78 is 0. The number of hydrogen-bond donors (Lipinski definition) is 0. The predicted octanol–water partition coefficient (Wildman–Crippen LogP) is 1.00. The van der Waals surface area contributed by atoms with Crippen LogP contribution in [0.3, 0.4) is 0 Å². The van der Waals surface area contributed by atoms with Crippen molar-refractivity contribution in [2.75, 3.05) is 13.6 Å². The molecule has 0 rings (SSSR count). The Morgan fingerprint density at radius 2 is 2.17 bits per heavy atom. The topological polar surface area (TPSA) is 37.4 Å². The summed E-state index contributed by atoms with van der Waals surface area (Å²) in [5, 5.41) is 0. The molecule has 0 aromatic heterocycles. The molecule has 0 aromatic carbocycles. The number of likely N-dealkylation sites (N-methyl/N-ethyl adjacent to an activating group) is 1. The van der Waals surface area contributed by atoms with E-state index < -0.39 is 0 Å². The summed E-state index contributed by atoms with van der Waals surface area (Å²) in [4.78, 5) is 22.7. The molecule has 0 N–H and O–H groups in total. The van der Waals surface area contributed by atoms with Crippen LogP contribution in [0.5, 0.6) is 0 Å². The summed E-state index contributed by atoms with van der Waals surface area (Å²) in [5.41, 5.74) is 0. The SMILES string of the molecule is C/C=C\C(=O)N(C)CCCC=O. The summed E-state index contributed by atoms with van der Waals surface area (Å²) in [6, 6.07) is 0. The largest absolute Gasteiger partial charge is 0.342 e. The Kier molecular flexibility index (Phi) is 5.97. The van der Waals surface area contributed by atoms with Gasteiger partial charge in [0.25, 0.3) is 0 Å². The van der Waals surface area contributed by atoms with Crippen molar-refractivity contribution in [3.63, 3.8) is 0 Å². The maximum atomic E-state index is 11.1. The lowest BCUT2D eigenvalue weighted by molar-refractivity contribution is -0.125. The van der Waals surface area contributed by atoms with Crippen molar-refractivity contribution in [3.8, 4) is 0 Å². The Bertz CT molecular complexity index is 175. The number of carbonyl (C=O) groups excluding carboxylic acids is 2. The predicted molar refractivity (Wildman–Crippen MR) is 47.7 cm³/mol. The Hall–Kier alpha value is -1.12. The van der Waals surface area contributed by atoms with E-state index >= 15 is 0 Å². The van der Waals surface area contributed by atoms with Gasteiger partial charge in [-0.05, 0) is 19.4 Å². The zero-order valence-corrected chi connectivity index (χ0v) is 7.62. The highest BCUT2D eigenvalue weighted by molar-refractivity contribution is 5.87. The van der Waals surface area contributed by atoms with Crippen LogP contribution >= 0.6 is 0 Å². The zero-order chi connectivity index (χ0) is 9.40. The standard InChI is InChI=1S/C9H15NO2/c1-3-6-9(12)10(2)7-4-5-8-11/h3,6,8H,4-5,7H2,1-2H3/b6-3-. The average molecular weight is 169 g/mol.